The summed E-state index contributed by atoms with van der Waals surface area (Å²) in [5, 5.41) is 11.1. The third kappa shape index (κ3) is 4.79. The molecule has 0 unspecified atom stereocenters. The van der Waals surface area contributed by atoms with Crippen molar-refractivity contribution in [3.8, 4) is 0 Å². The van der Waals surface area contributed by atoms with Crippen molar-refractivity contribution in [3.63, 3.8) is 0 Å². The number of carboxylic acids is 1. The average Bonchev–Trinajstić information content (AvgIpc) is 2.42. The van der Waals surface area contributed by atoms with E-state index in [0.717, 1.165) is 6.08 Å². The van der Waals surface area contributed by atoms with Crippen molar-refractivity contribution in [2.45, 2.75) is 6.92 Å². The van der Waals surface area contributed by atoms with E-state index in [0.29, 0.717) is 17.9 Å². The Labute approximate surface area is 111 Å². The van der Waals surface area contributed by atoms with Gasteiger partial charge in [-0.25, -0.2) is 9.78 Å². The molecule has 2 N–H and O–H groups in total. The molecule has 6 heteroatoms. The van der Waals surface area contributed by atoms with Crippen LogP contribution < -0.4 is 10.2 Å². The molecule has 0 bridgehead atoms. The second kappa shape index (κ2) is 7.15. The molecular formula is C13H17N3O3. The molecule has 0 fully saturated rings. The van der Waals surface area contributed by atoms with Crippen LogP contribution in [0.15, 0.2) is 24.4 Å². The molecule has 0 atom stereocenters. The second-order valence-corrected chi connectivity index (χ2v) is 3.81. The van der Waals surface area contributed by atoms with Crippen LogP contribution >= 0.6 is 0 Å². The molecule has 1 amide bonds. The fourth-order valence-corrected chi connectivity index (χ4v) is 1.46. The van der Waals surface area contributed by atoms with E-state index < -0.39 is 5.97 Å². The number of nitrogens with one attached hydrogen (secondary N) is 1. The van der Waals surface area contributed by atoms with E-state index in [1.54, 1.807) is 25.4 Å². The molecule has 0 aliphatic carbocycles. The van der Waals surface area contributed by atoms with Crippen molar-refractivity contribution >= 4 is 23.8 Å². The largest absolute Gasteiger partial charge is 0.478 e. The van der Waals surface area contributed by atoms with Gasteiger partial charge in [-0.15, -0.1) is 0 Å². The molecule has 1 rings (SSSR count). The normalized spacial score (nSPS) is 10.4. The zero-order valence-electron chi connectivity index (χ0n) is 11.0. The number of hydrogen-bond acceptors (Lipinski definition) is 4. The zero-order chi connectivity index (χ0) is 14.3. The number of pyridine rings is 1. The molecule has 0 saturated carbocycles. The highest BCUT2D eigenvalue weighted by atomic mass is 16.4. The summed E-state index contributed by atoms with van der Waals surface area (Å²) >= 11 is 0. The summed E-state index contributed by atoms with van der Waals surface area (Å²) in [7, 11) is 1.59. The Bertz CT molecular complexity index is 469. The van der Waals surface area contributed by atoms with Gasteiger partial charge in [-0.1, -0.05) is 0 Å². The minimum atomic E-state index is -1.00. The lowest BCUT2D eigenvalue weighted by Crippen LogP contribution is -2.35. The van der Waals surface area contributed by atoms with E-state index in [1.807, 2.05) is 11.8 Å². The monoisotopic (exact) mass is 263 g/mol. The van der Waals surface area contributed by atoms with E-state index >= 15 is 0 Å². The Kier molecular flexibility index (Phi) is 5.53. The minimum absolute atomic E-state index is 0.0847. The lowest BCUT2D eigenvalue weighted by molar-refractivity contribution is -0.131. The highest BCUT2D eigenvalue weighted by Gasteiger charge is 2.09. The van der Waals surface area contributed by atoms with Crippen LogP contribution in [-0.2, 0) is 9.59 Å². The quantitative estimate of drug-likeness (QED) is 0.740. The van der Waals surface area contributed by atoms with Crippen molar-refractivity contribution in [1.29, 1.82) is 0 Å². The predicted octanol–water partition coefficient (Wildman–Crippen LogP) is 0.752. The molecule has 0 aliphatic rings. The highest BCUT2D eigenvalue weighted by Crippen LogP contribution is 2.11. The van der Waals surface area contributed by atoms with Crippen molar-refractivity contribution in [2.24, 2.45) is 0 Å². The van der Waals surface area contributed by atoms with Gasteiger partial charge in [0.1, 0.15) is 5.82 Å². The third-order valence-electron chi connectivity index (χ3n) is 2.51. The molecule has 0 aliphatic heterocycles. The number of aliphatic carboxylic acids is 1. The maximum atomic E-state index is 11.3. The first-order valence-electron chi connectivity index (χ1n) is 5.89. The maximum absolute atomic E-state index is 11.3. The van der Waals surface area contributed by atoms with Crippen LogP contribution in [0.2, 0.25) is 0 Å². The average molecular weight is 263 g/mol. The van der Waals surface area contributed by atoms with Gasteiger partial charge in [0.25, 0.3) is 0 Å². The van der Waals surface area contributed by atoms with Crippen LogP contribution in [0.4, 0.5) is 5.82 Å². The number of carbonyl (C=O) groups is 2. The summed E-state index contributed by atoms with van der Waals surface area (Å²) in [6, 6.07) is 3.52. The summed E-state index contributed by atoms with van der Waals surface area (Å²) in [4.78, 5) is 27.8. The minimum Gasteiger partial charge on any atom is -0.478 e. The summed E-state index contributed by atoms with van der Waals surface area (Å²) in [6.07, 6.45) is 4.09. The number of rotatable bonds is 6. The molecule has 1 aromatic heterocycles. The Morgan fingerprint density at radius 1 is 1.47 bits per heavy atom. The van der Waals surface area contributed by atoms with E-state index in [-0.39, 0.29) is 12.5 Å². The van der Waals surface area contributed by atoms with E-state index in [9.17, 15) is 9.59 Å². The first-order valence-corrected chi connectivity index (χ1v) is 5.89. The predicted molar refractivity (Wildman–Crippen MR) is 72.9 cm³/mol. The molecular weight excluding hydrogens is 246 g/mol. The molecule has 1 aromatic rings. The van der Waals surface area contributed by atoms with Gasteiger partial charge in [-0.05, 0) is 30.7 Å². The second-order valence-electron chi connectivity index (χ2n) is 3.81. The molecule has 0 aromatic carbocycles. The van der Waals surface area contributed by atoms with Gasteiger partial charge in [-0.2, -0.15) is 0 Å². The highest BCUT2D eigenvalue weighted by molar-refractivity contribution is 5.85. The number of anilines is 1. The van der Waals surface area contributed by atoms with E-state index in [1.165, 1.54) is 6.08 Å². The first-order chi connectivity index (χ1) is 9.06. The maximum Gasteiger partial charge on any atom is 0.328 e. The lowest BCUT2D eigenvalue weighted by atomic mass is 10.2. The third-order valence-corrected chi connectivity index (χ3v) is 2.51. The van der Waals surface area contributed by atoms with Crippen LogP contribution in [0.25, 0.3) is 6.08 Å². The molecule has 19 heavy (non-hydrogen) atoms. The SMILES string of the molecule is CCN(CC(=O)NC)c1ccc(/C=C/C(=O)O)cn1. The summed E-state index contributed by atoms with van der Waals surface area (Å²) in [6.45, 7) is 2.83. The number of hydrogen-bond donors (Lipinski definition) is 2. The van der Waals surface area contributed by atoms with Crippen LogP contribution in [0.5, 0.6) is 0 Å². The Morgan fingerprint density at radius 3 is 2.68 bits per heavy atom. The number of carboxylic acid groups (broad SMARTS) is 1. The standard InChI is InChI=1S/C13H17N3O3/c1-3-16(9-12(17)14-2)11-6-4-10(8-15-11)5-7-13(18)19/h4-8H,3,9H2,1-2H3,(H,14,17)(H,18,19)/b7-5+. The zero-order valence-corrected chi connectivity index (χ0v) is 11.0. The van der Waals surface area contributed by atoms with Crippen LogP contribution in [0.3, 0.4) is 0 Å². The topological polar surface area (TPSA) is 82.5 Å². The van der Waals surface area contributed by atoms with Gasteiger partial charge in [0.15, 0.2) is 0 Å². The van der Waals surface area contributed by atoms with Gasteiger partial charge in [0, 0.05) is 25.9 Å². The molecule has 0 radical (unpaired) electrons. The molecule has 102 valence electrons. The Hall–Kier alpha value is -2.37. The van der Waals surface area contributed by atoms with E-state index in [4.69, 9.17) is 5.11 Å². The fraction of sp³-hybridized carbons (Fsp3) is 0.308. The summed E-state index contributed by atoms with van der Waals surface area (Å²) in [5.74, 6) is -0.407. The van der Waals surface area contributed by atoms with Crippen molar-refractivity contribution < 1.29 is 14.7 Å². The molecule has 6 nitrogen and oxygen atoms in total. The fourth-order valence-electron chi connectivity index (χ4n) is 1.46. The molecule has 0 spiro atoms. The van der Waals surface area contributed by atoms with Gasteiger partial charge in [0.2, 0.25) is 5.91 Å². The number of carbonyl (C=O) groups excluding carboxylic acids is 1. The number of likely N-dealkylation sites (N-methyl/N-ethyl adjacent to an activating group) is 2. The number of nitrogens with zero attached hydrogens (tertiary/aromatic N) is 2. The van der Waals surface area contributed by atoms with Crippen molar-refractivity contribution in [3.05, 3.63) is 30.0 Å². The van der Waals surface area contributed by atoms with Gasteiger partial charge < -0.3 is 15.3 Å². The first kappa shape index (κ1) is 14.7. The summed E-state index contributed by atoms with van der Waals surface area (Å²) in [5.41, 5.74) is 0.696. The molecule has 1 heterocycles. The number of amides is 1. The van der Waals surface area contributed by atoms with E-state index in [2.05, 4.69) is 10.3 Å². The van der Waals surface area contributed by atoms with Gasteiger partial charge >= 0.3 is 5.97 Å². The lowest BCUT2D eigenvalue weighted by Gasteiger charge is -2.20. The van der Waals surface area contributed by atoms with Crippen LogP contribution in [0, 0.1) is 0 Å². The smallest absolute Gasteiger partial charge is 0.328 e. The molecule has 0 saturated heterocycles. The van der Waals surface area contributed by atoms with Gasteiger partial charge in [0.05, 0.1) is 6.54 Å². The van der Waals surface area contributed by atoms with Crippen molar-refractivity contribution in [1.82, 2.24) is 10.3 Å². The van der Waals surface area contributed by atoms with Crippen molar-refractivity contribution in [2.75, 3.05) is 25.0 Å². The van der Waals surface area contributed by atoms with Crippen LogP contribution in [0.1, 0.15) is 12.5 Å². The van der Waals surface area contributed by atoms with Crippen LogP contribution in [-0.4, -0.2) is 42.1 Å². The summed E-state index contributed by atoms with van der Waals surface area (Å²) < 4.78 is 0. The Morgan fingerprint density at radius 2 is 2.21 bits per heavy atom. The van der Waals surface area contributed by atoms with Gasteiger partial charge in [-0.3, -0.25) is 4.79 Å². The number of aromatic nitrogens is 1. The Balaban J connectivity index is 2.78.